The molecule has 0 aliphatic rings. The first-order valence-corrected chi connectivity index (χ1v) is 7.03. The lowest BCUT2D eigenvalue weighted by atomic mass is 10.2. The van der Waals surface area contributed by atoms with Crippen molar-refractivity contribution in [3.63, 3.8) is 0 Å². The van der Waals surface area contributed by atoms with E-state index in [0.717, 1.165) is 27.7 Å². The van der Waals surface area contributed by atoms with Crippen molar-refractivity contribution in [2.45, 2.75) is 26.3 Å². The number of hydrogen-bond donors (Lipinski definition) is 1. The van der Waals surface area contributed by atoms with Crippen LogP contribution in [0.25, 0.3) is 0 Å². The minimum atomic E-state index is 0.205. The molecule has 1 atom stereocenters. The Labute approximate surface area is 113 Å². The third kappa shape index (κ3) is 3.23. The summed E-state index contributed by atoms with van der Waals surface area (Å²) in [4.78, 5) is 12.9. The van der Waals surface area contributed by atoms with E-state index in [1.54, 1.807) is 11.3 Å². The Kier molecular flexibility index (Phi) is 4.06. The van der Waals surface area contributed by atoms with Gasteiger partial charge in [0.25, 0.3) is 0 Å². The Morgan fingerprint density at radius 2 is 2.29 bits per heavy atom. The topological polar surface area (TPSA) is 50.7 Å². The van der Waals surface area contributed by atoms with Crippen LogP contribution in [0, 0.1) is 6.92 Å². The van der Waals surface area contributed by atoms with Gasteiger partial charge >= 0.3 is 0 Å². The number of halogens is 1. The van der Waals surface area contributed by atoms with E-state index in [0.29, 0.717) is 0 Å². The van der Waals surface area contributed by atoms with Crippen molar-refractivity contribution in [2.24, 2.45) is 0 Å². The zero-order valence-corrected chi connectivity index (χ0v) is 12.0. The van der Waals surface area contributed by atoms with Crippen molar-refractivity contribution in [3.8, 4) is 0 Å². The molecule has 0 saturated carbocycles. The average Bonchev–Trinajstić information content (AvgIpc) is 2.77. The number of nitrogens with zero attached hydrogens (tertiary/aromatic N) is 3. The standard InChI is InChI=1S/C11H13BrN4S/c1-3-8(11-13-4-5-17-11)16-10-6-9(12)14-7(2)15-10/h4-6,8H,3H2,1-2H3,(H,14,15,16). The minimum Gasteiger partial charge on any atom is -0.361 e. The number of aromatic nitrogens is 3. The van der Waals surface area contributed by atoms with Crippen LogP contribution in [0.1, 0.15) is 30.2 Å². The van der Waals surface area contributed by atoms with Gasteiger partial charge in [0.05, 0.1) is 6.04 Å². The highest BCUT2D eigenvalue weighted by molar-refractivity contribution is 9.10. The molecule has 2 aromatic rings. The predicted octanol–water partition coefficient (Wildman–Crippen LogP) is 3.57. The second-order valence-corrected chi connectivity index (χ2v) is 5.34. The predicted molar refractivity (Wildman–Crippen MR) is 73.2 cm³/mol. The highest BCUT2D eigenvalue weighted by Gasteiger charge is 2.12. The Morgan fingerprint density at radius 3 is 2.88 bits per heavy atom. The molecule has 2 rings (SSSR count). The first-order valence-electron chi connectivity index (χ1n) is 5.36. The van der Waals surface area contributed by atoms with Gasteiger partial charge in [-0.2, -0.15) is 0 Å². The van der Waals surface area contributed by atoms with Crippen LogP contribution in [0.3, 0.4) is 0 Å². The lowest BCUT2D eigenvalue weighted by molar-refractivity contribution is 0.735. The van der Waals surface area contributed by atoms with Crippen molar-refractivity contribution in [2.75, 3.05) is 5.32 Å². The highest BCUT2D eigenvalue weighted by atomic mass is 79.9. The zero-order valence-electron chi connectivity index (χ0n) is 9.64. The number of anilines is 1. The van der Waals surface area contributed by atoms with Crippen LogP contribution in [-0.4, -0.2) is 15.0 Å². The third-order valence-electron chi connectivity index (χ3n) is 2.29. The van der Waals surface area contributed by atoms with Gasteiger partial charge in [0.15, 0.2) is 0 Å². The quantitative estimate of drug-likeness (QED) is 0.877. The van der Waals surface area contributed by atoms with Gasteiger partial charge in [0.1, 0.15) is 21.3 Å². The number of hydrogen-bond acceptors (Lipinski definition) is 5. The van der Waals surface area contributed by atoms with Gasteiger partial charge in [0, 0.05) is 17.6 Å². The number of rotatable bonds is 4. The van der Waals surface area contributed by atoms with Crippen molar-refractivity contribution in [1.82, 2.24) is 15.0 Å². The summed E-state index contributed by atoms with van der Waals surface area (Å²) >= 11 is 5.02. The van der Waals surface area contributed by atoms with E-state index in [9.17, 15) is 0 Å². The minimum absolute atomic E-state index is 0.205. The van der Waals surface area contributed by atoms with E-state index in [2.05, 4.69) is 43.1 Å². The molecule has 2 heterocycles. The van der Waals surface area contributed by atoms with Crippen molar-refractivity contribution >= 4 is 33.1 Å². The fraction of sp³-hybridized carbons (Fsp3) is 0.364. The molecule has 0 aliphatic heterocycles. The summed E-state index contributed by atoms with van der Waals surface area (Å²) in [7, 11) is 0. The van der Waals surface area contributed by atoms with E-state index < -0.39 is 0 Å². The van der Waals surface area contributed by atoms with E-state index in [1.165, 1.54) is 0 Å². The van der Waals surface area contributed by atoms with Gasteiger partial charge in [-0.1, -0.05) is 6.92 Å². The fourth-order valence-electron chi connectivity index (χ4n) is 1.53. The summed E-state index contributed by atoms with van der Waals surface area (Å²) in [6.45, 7) is 4.00. The fourth-order valence-corrected chi connectivity index (χ4v) is 2.77. The van der Waals surface area contributed by atoms with Crippen LogP contribution in [0.4, 0.5) is 5.82 Å². The second kappa shape index (κ2) is 5.55. The van der Waals surface area contributed by atoms with Gasteiger partial charge in [-0.25, -0.2) is 15.0 Å². The van der Waals surface area contributed by atoms with Crippen LogP contribution in [0.5, 0.6) is 0 Å². The SMILES string of the molecule is CCC(Nc1cc(Br)nc(C)n1)c1nccs1. The Bertz CT molecular complexity index is 466. The molecule has 4 nitrogen and oxygen atoms in total. The molecule has 0 spiro atoms. The lowest BCUT2D eigenvalue weighted by Crippen LogP contribution is -2.11. The number of thiazole rings is 1. The molecule has 17 heavy (non-hydrogen) atoms. The molecule has 0 saturated heterocycles. The molecule has 0 bridgehead atoms. The van der Waals surface area contributed by atoms with Crippen molar-refractivity contribution in [1.29, 1.82) is 0 Å². The molecular formula is C11H13BrN4S. The maximum absolute atomic E-state index is 4.36. The molecule has 90 valence electrons. The first kappa shape index (κ1) is 12.4. The summed E-state index contributed by atoms with van der Waals surface area (Å²) in [6.07, 6.45) is 2.79. The molecule has 0 aliphatic carbocycles. The summed E-state index contributed by atoms with van der Waals surface area (Å²) in [5, 5.41) is 6.45. The van der Waals surface area contributed by atoms with E-state index >= 15 is 0 Å². The lowest BCUT2D eigenvalue weighted by Gasteiger charge is -2.15. The smallest absolute Gasteiger partial charge is 0.131 e. The summed E-state index contributed by atoms with van der Waals surface area (Å²) in [5.74, 6) is 1.57. The molecule has 0 fully saturated rings. The van der Waals surface area contributed by atoms with Gasteiger partial charge in [-0.3, -0.25) is 0 Å². The van der Waals surface area contributed by atoms with Crippen LogP contribution < -0.4 is 5.32 Å². The van der Waals surface area contributed by atoms with Crippen LogP contribution in [-0.2, 0) is 0 Å². The van der Waals surface area contributed by atoms with Gasteiger partial charge in [0.2, 0.25) is 0 Å². The maximum Gasteiger partial charge on any atom is 0.131 e. The molecule has 6 heteroatoms. The molecule has 1 unspecified atom stereocenters. The summed E-state index contributed by atoms with van der Waals surface area (Å²) < 4.78 is 0.793. The van der Waals surface area contributed by atoms with Gasteiger partial charge in [-0.15, -0.1) is 11.3 Å². The van der Waals surface area contributed by atoms with Crippen LogP contribution in [0.15, 0.2) is 22.2 Å². The number of nitrogens with one attached hydrogen (secondary N) is 1. The zero-order chi connectivity index (χ0) is 12.3. The van der Waals surface area contributed by atoms with Crippen LogP contribution in [0.2, 0.25) is 0 Å². The average molecular weight is 313 g/mol. The second-order valence-electron chi connectivity index (χ2n) is 3.60. The summed E-state index contributed by atoms with van der Waals surface area (Å²) in [6, 6.07) is 2.08. The molecule has 0 amide bonds. The third-order valence-corrected chi connectivity index (χ3v) is 3.58. The molecular weight excluding hydrogens is 300 g/mol. The molecule has 1 N–H and O–H groups in total. The largest absolute Gasteiger partial charge is 0.361 e. The Balaban J connectivity index is 2.18. The molecule has 2 aromatic heterocycles. The highest BCUT2D eigenvalue weighted by Crippen LogP contribution is 2.24. The molecule has 0 aromatic carbocycles. The Hall–Kier alpha value is -1.01. The van der Waals surface area contributed by atoms with Gasteiger partial charge in [-0.05, 0) is 29.3 Å². The summed E-state index contributed by atoms with van der Waals surface area (Å²) in [5.41, 5.74) is 0. The maximum atomic E-state index is 4.36. The van der Waals surface area contributed by atoms with Crippen molar-refractivity contribution < 1.29 is 0 Å². The normalized spacial score (nSPS) is 12.4. The monoisotopic (exact) mass is 312 g/mol. The van der Waals surface area contributed by atoms with E-state index in [-0.39, 0.29) is 6.04 Å². The Morgan fingerprint density at radius 1 is 1.47 bits per heavy atom. The van der Waals surface area contributed by atoms with E-state index in [1.807, 2.05) is 24.6 Å². The first-order chi connectivity index (χ1) is 8.19. The van der Waals surface area contributed by atoms with Crippen molar-refractivity contribution in [3.05, 3.63) is 33.1 Å². The van der Waals surface area contributed by atoms with Crippen LogP contribution >= 0.6 is 27.3 Å². The number of aryl methyl sites for hydroxylation is 1. The van der Waals surface area contributed by atoms with Gasteiger partial charge < -0.3 is 5.32 Å². The molecule has 0 radical (unpaired) electrons. The van der Waals surface area contributed by atoms with E-state index in [4.69, 9.17) is 0 Å².